The molecule has 0 saturated carbocycles. The molecule has 0 aliphatic carbocycles. The first-order valence-electron chi connectivity index (χ1n) is 9.05. The van der Waals surface area contributed by atoms with Gasteiger partial charge in [0.1, 0.15) is 0 Å². The third-order valence-electron chi connectivity index (χ3n) is 4.41. The Morgan fingerprint density at radius 1 is 1.10 bits per heavy atom. The second-order valence-corrected chi connectivity index (χ2v) is 9.09. The van der Waals surface area contributed by atoms with E-state index in [4.69, 9.17) is 0 Å². The molecule has 2 rings (SSSR count). The van der Waals surface area contributed by atoms with E-state index in [0.29, 0.717) is 16.8 Å². The molecule has 9 heteroatoms. The average Bonchev–Trinajstić information content (AvgIpc) is 2.54. The number of hydrogen-bond acceptors (Lipinski definition) is 5. The van der Waals surface area contributed by atoms with Crippen molar-refractivity contribution in [3.63, 3.8) is 0 Å². The number of amides is 2. The smallest absolute Gasteiger partial charge is 0.308 e. The molecule has 29 heavy (non-hydrogen) atoms. The summed E-state index contributed by atoms with van der Waals surface area (Å²) < 4.78 is 24.6. The first-order chi connectivity index (χ1) is 13.4. The van der Waals surface area contributed by atoms with Crippen molar-refractivity contribution in [1.82, 2.24) is 0 Å². The first kappa shape index (κ1) is 22.4. The van der Waals surface area contributed by atoms with Crippen LogP contribution in [0.2, 0.25) is 0 Å². The van der Waals surface area contributed by atoms with E-state index in [2.05, 4.69) is 5.32 Å². The fourth-order valence-corrected chi connectivity index (χ4v) is 4.86. The molecule has 0 bridgehead atoms. The molecule has 0 aromatic heterocycles. The number of hydrogen-bond donors (Lipinski definition) is 1. The molecule has 0 fully saturated rings. The van der Waals surface area contributed by atoms with E-state index in [0.717, 1.165) is 11.3 Å². The molecule has 0 spiro atoms. The molecule has 2 aromatic rings. The Bertz CT molecular complexity index is 1020. The van der Waals surface area contributed by atoms with E-state index in [1.54, 1.807) is 18.7 Å². The number of nitrogens with one attached hydrogen (secondary N) is 1. The highest BCUT2D eigenvalue weighted by molar-refractivity contribution is 7.91. The van der Waals surface area contributed by atoms with Gasteiger partial charge in [-0.2, -0.15) is 0 Å². The number of sulfone groups is 1. The third-order valence-corrected chi connectivity index (χ3v) is 6.22. The molecule has 0 aliphatic rings. The molecule has 0 saturated heterocycles. The van der Waals surface area contributed by atoms with Gasteiger partial charge >= 0.3 is 11.9 Å². The van der Waals surface area contributed by atoms with Gasteiger partial charge in [-0.3, -0.25) is 15.0 Å². The monoisotopic (exact) mass is 419 g/mol. The maximum absolute atomic E-state index is 13.0. The Kier molecular flexibility index (Phi) is 6.63. The van der Waals surface area contributed by atoms with Crippen molar-refractivity contribution in [1.29, 1.82) is 0 Å². The van der Waals surface area contributed by atoms with Crippen LogP contribution in [0.1, 0.15) is 30.5 Å². The number of carbonyl (C=O) groups excluding carboxylic acids is 1. The van der Waals surface area contributed by atoms with Crippen molar-refractivity contribution in [2.75, 3.05) is 16.1 Å². The minimum atomic E-state index is -4.07. The second kappa shape index (κ2) is 8.60. The van der Waals surface area contributed by atoms with Crippen LogP contribution >= 0.6 is 0 Å². The summed E-state index contributed by atoms with van der Waals surface area (Å²) in [6, 6.07) is 10.1. The highest BCUT2D eigenvalue weighted by atomic mass is 32.2. The summed E-state index contributed by atoms with van der Waals surface area (Å²) >= 11 is 0. The second-order valence-electron chi connectivity index (χ2n) is 7.20. The molecular formula is C20H25N3O5S. The van der Waals surface area contributed by atoms with Crippen LogP contribution in [0.5, 0.6) is 0 Å². The summed E-state index contributed by atoms with van der Waals surface area (Å²) in [5.41, 5.74) is 2.83. The van der Waals surface area contributed by atoms with E-state index in [1.807, 2.05) is 45.0 Å². The Morgan fingerprint density at radius 2 is 1.66 bits per heavy atom. The number of carbonyl (C=O) groups is 1. The van der Waals surface area contributed by atoms with Gasteiger partial charge in [0.05, 0.1) is 4.90 Å². The molecule has 2 aromatic carbocycles. The van der Waals surface area contributed by atoms with Crippen LogP contribution in [0.15, 0.2) is 41.3 Å². The molecule has 2 amide bonds. The van der Waals surface area contributed by atoms with Gasteiger partial charge in [0.25, 0.3) is 0 Å². The Balaban J connectivity index is 2.38. The van der Waals surface area contributed by atoms with Crippen LogP contribution in [0.3, 0.4) is 0 Å². The fourth-order valence-electron chi connectivity index (χ4n) is 3.36. The topological polar surface area (TPSA) is 110 Å². The van der Waals surface area contributed by atoms with Crippen LogP contribution in [0.25, 0.3) is 0 Å². The molecule has 0 atom stereocenters. The molecule has 0 heterocycles. The summed E-state index contributed by atoms with van der Waals surface area (Å²) in [6.45, 7) is 8.82. The highest BCUT2D eigenvalue weighted by Crippen LogP contribution is 2.27. The lowest BCUT2D eigenvalue weighted by atomic mass is 10.1. The number of aryl methyl sites for hydroxylation is 3. The molecular weight excluding hydrogens is 394 g/mol. The number of anilines is 2. The van der Waals surface area contributed by atoms with Gasteiger partial charge in [0.15, 0.2) is 0 Å². The van der Waals surface area contributed by atoms with Gasteiger partial charge in [-0.05, 0) is 69.5 Å². The van der Waals surface area contributed by atoms with Crippen LogP contribution in [-0.2, 0) is 9.84 Å². The minimum absolute atomic E-state index is 0.0770. The lowest BCUT2D eigenvalue weighted by molar-refractivity contribution is -0.458. The molecule has 156 valence electrons. The predicted octanol–water partition coefficient (Wildman–Crippen LogP) is 4.07. The number of para-hydroxylation sites is 1. The van der Waals surface area contributed by atoms with Crippen LogP contribution in [0, 0.1) is 30.9 Å². The van der Waals surface area contributed by atoms with Gasteiger partial charge in [0.2, 0.25) is 9.84 Å². The quantitative estimate of drug-likeness (QED) is 0.561. The average molecular weight is 420 g/mol. The van der Waals surface area contributed by atoms with Gasteiger partial charge in [-0.15, -0.1) is 0 Å². The summed E-state index contributed by atoms with van der Waals surface area (Å²) in [5.74, 6) is -1.17. The van der Waals surface area contributed by atoms with Gasteiger partial charge in [-0.25, -0.2) is 13.2 Å². The number of urea groups is 1. The van der Waals surface area contributed by atoms with E-state index in [-0.39, 0.29) is 17.0 Å². The molecule has 0 unspecified atom stereocenters. The van der Waals surface area contributed by atoms with Crippen LogP contribution in [-0.4, -0.2) is 31.3 Å². The molecule has 1 N–H and O–H groups in total. The summed E-state index contributed by atoms with van der Waals surface area (Å²) in [5, 5.41) is 13.5. The largest absolute Gasteiger partial charge is 0.326 e. The molecule has 0 radical (unpaired) electrons. The van der Waals surface area contributed by atoms with Crippen molar-refractivity contribution >= 4 is 27.2 Å². The zero-order valence-electron chi connectivity index (χ0n) is 17.1. The highest BCUT2D eigenvalue weighted by Gasteiger charge is 2.26. The Labute approximate surface area is 170 Å². The van der Waals surface area contributed by atoms with Crippen molar-refractivity contribution < 1.29 is 18.1 Å². The van der Waals surface area contributed by atoms with E-state index in [1.165, 1.54) is 12.1 Å². The maximum atomic E-state index is 13.0. The minimum Gasteiger partial charge on any atom is -0.308 e. The van der Waals surface area contributed by atoms with Crippen molar-refractivity contribution in [2.24, 2.45) is 0 Å². The Morgan fingerprint density at radius 3 is 2.14 bits per heavy atom. The van der Waals surface area contributed by atoms with E-state index >= 15 is 0 Å². The summed E-state index contributed by atoms with van der Waals surface area (Å²) in [4.78, 5) is 24.3. The van der Waals surface area contributed by atoms with Gasteiger partial charge in [0, 0.05) is 22.3 Å². The van der Waals surface area contributed by atoms with Gasteiger partial charge < -0.3 is 5.32 Å². The summed E-state index contributed by atoms with van der Waals surface area (Å²) in [6.07, 6.45) is 0. The van der Waals surface area contributed by atoms with Crippen molar-refractivity contribution in [3.8, 4) is 0 Å². The maximum Gasteiger partial charge on any atom is 0.326 e. The SMILES string of the molecule is Cc1ccccc1N(C(=O)Nc1cc(C)c(S(=O)(=O)C[N+](=O)[O-])c(C)c1)C(C)C. The zero-order chi connectivity index (χ0) is 21.9. The van der Waals surface area contributed by atoms with E-state index < -0.39 is 20.6 Å². The van der Waals surface area contributed by atoms with Crippen molar-refractivity contribution in [3.05, 3.63) is 63.2 Å². The zero-order valence-corrected chi connectivity index (χ0v) is 17.9. The lowest BCUT2D eigenvalue weighted by Crippen LogP contribution is -2.40. The third kappa shape index (κ3) is 5.11. The summed E-state index contributed by atoms with van der Waals surface area (Å²) in [7, 11) is -4.07. The lowest BCUT2D eigenvalue weighted by Gasteiger charge is -2.28. The molecule has 0 aliphatic heterocycles. The number of rotatable bonds is 6. The predicted molar refractivity (Wildman–Crippen MR) is 113 cm³/mol. The molecule has 8 nitrogen and oxygen atoms in total. The number of nitrogens with zero attached hydrogens (tertiary/aromatic N) is 2. The van der Waals surface area contributed by atoms with Gasteiger partial charge in [-0.1, -0.05) is 18.2 Å². The number of benzene rings is 2. The number of nitro groups is 1. The van der Waals surface area contributed by atoms with Crippen LogP contribution in [0.4, 0.5) is 16.2 Å². The first-order valence-corrected chi connectivity index (χ1v) is 10.7. The standard InChI is InChI=1S/C20H25N3O5S/c1-13(2)23(18-9-7-6-8-14(18)3)20(24)21-17-10-15(4)19(16(5)11-17)29(27,28)12-22(25)26/h6-11,13H,12H2,1-5H3,(H,21,24). The van der Waals surface area contributed by atoms with Crippen molar-refractivity contribution in [2.45, 2.75) is 45.6 Å². The fraction of sp³-hybridized carbons (Fsp3) is 0.350. The van der Waals surface area contributed by atoms with Crippen LogP contribution < -0.4 is 10.2 Å². The normalized spacial score (nSPS) is 11.4. The Hall–Kier alpha value is -2.94. The van der Waals surface area contributed by atoms with E-state index in [9.17, 15) is 23.3 Å².